The molecule has 1 aliphatic rings. The first-order valence-electron chi connectivity index (χ1n) is 15.7. The molecule has 0 amide bonds. The molecule has 1 heterocycles. The van der Waals surface area contributed by atoms with E-state index in [1.54, 1.807) is 0 Å². The Morgan fingerprint density at radius 2 is 1.20 bits per heavy atom. The predicted molar refractivity (Wildman–Crippen MR) is 191 cm³/mol. The average molecular weight is 577 g/mol. The molecule has 0 radical (unpaired) electrons. The first-order chi connectivity index (χ1) is 22.1. The molecule has 0 fully saturated rings. The first-order valence-corrected chi connectivity index (χ1v) is 15.7. The molecule has 0 unspecified atom stereocenters. The summed E-state index contributed by atoms with van der Waals surface area (Å²) in [6, 6.07) is 55.5. The molecule has 0 saturated carbocycles. The molecule has 0 aliphatic heterocycles. The average Bonchev–Trinajstić information content (AvgIpc) is 3.61. The molecule has 0 N–H and O–H groups in total. The molecule has 0 atom stereocenters. The van der Waals surface area contributed by atoms with Crippen LogP contribution in [-0.4, -0.2) is 4.57 Å². The van der Waals surface area contributed by atoms with Crippen molar-refractivity contribution in [2.75, 3.05) is 4.90 Å². The van der Waals surface area contributed by atoms with E-state index in [-0.39, 0.29) is 5.41 Å². The van der Waals surface area contributed by atoms with Gasteiger partial charge < -0.3 is 9.47 Å². The number of aromatic nitrogens is 1. The SMILES string of the molecule is CC1(C)c2ccccc2-c2cc3ccc4cc(N(c5ccccc5)c5cccc(-n6ccc7ccccc76)c5)ccc4c3cc21. The highest BCUT2D eigenvalue weighted by molar-refractivity contribution is 6.10. The molecule has 0 spiro atoms. The topological polar surface area (TPSA) is 8.17 Å². The van der Waals surface area contributed by atoms with E-state index in [0.717, 1.165) is 22.7 Å². The number of nitrogens with zero attached hydrogens (tertiary/aromatic N) is 2. The number of hydrogen-bond donors (Lipinski definition) is 0. The summed E-state index contributed by atoms with van der Waals surface area (Å²) in [6.45, 7) is 4.71. The summed E-state index contributed by atoms with van der Waals surface area (Å²) in [7, 11) is 0. The number of hydrogen-bond acceptors (Lipinski definition) is 1. The lowest BCUT2D eigenvalue weighted by Crippen LogP contribution is -2.14. The fourth-order valence-corrected chi connectivity index (χ4v) is 7.50. The molecule has 2 heteroatoms. The summed E-state index contributed by atoms with van der Waals surface area (Å²) >= 11 is 0. The van der Waals surface area contributed by atoms with Gasteiger partial charge in [-0.1, -0.05) is 98.8 Å². The third kappa shape index (κ3) is 3.96. The second-order valence-corrected chi connectivity index (χ2v) is 12.7. The van der Waals surface area contributed by atoms with Gasteiger partial charge in [0.2, 0.25) is 0 Å². The predicted octanol–water partition coefficient (Wildman–Crippen LogP) is 11.7. The van der Waals surface area contributed by atoms with Crippen molar-refractivity contribution >= 4 is 49.5 Å². The highest BCUT2D eigenvalue weighted by Crippen LogP contribution is 2.50. The maximum absolute atomic E-state index is 2.45. The molecule has 0 saturated heterocycles. The Morgan fingerprint density at radius 3 is 2.09 bits per heavy atom. The van der Waals surface area contributed by atoms with E-state index >= 15 is 0 Å². The molecule has 2 nitrogen and oxygen atoms in total. The van der Waals surface area contributed by atoms with Gasteiger partial charge in [-0.05, 0) is 116 Å². The number of para-hydroxylation sites is 2. The van der Waals surface area contributed by atoms with Crippen molar-refractivity contribution in [3.05, 3.63) is 169 Å². The van der Waals surface area contributed by atoms with E-state index in [4.69, 9.17) is 0 Å². The summed E-state index contributed by atoms with van der Waals surface area (Å²) in [5.74, 6) is 0. The van der Waals surface area contributed by atoms with Gasteiger partial charge >= 0.3 is 0 Å². The smallest absolute Gasteiger partial charge is 0.0528 e. The summed E-state index contributed by atoms with van der Waals surface area (Å²) in [6.07, 6.45) is 2.16. The van der Waals surface area contributed by atoms with Gasteiger partial charge in [0.25, 0.3) is 0 Å². The Bertz CT molecular complexity index is 2410. The first kappa shape index (κ1) is 25.9. The Labute approximate surface area is 263 Å². The van der Waals surface area contributed by atoms with E-state index in [9.17, 15) is 0 Å². The second-order valence-electron chi connectivity index (χ2n) is 12.7. The minimum absolute atomic E-state index is 0.0254. The summed E-state index contributed by atoms with van der Waals surface area (Å²) < 4.78 is 2.27. The van der Waals surface area contributed by atoms with E-state index in [1.807, 2.05) is 0 Å². The molecule has 9 rings (SSSR count). The van der Waals surface area contributed by atoms with Crippen LogP contribution in [0.2, 0.25) is 0 Å². The zero-order valence-corrected chi connectivity index (χ0v) is 25.4. The van der Waals surface area contributed by atoms with E-state index in [2.05, 4.69) is 181 Å². The van der Waals surface area contributed by atoms with Crippen LogP contribution >= 0.6 is 0 Å². The van der Waals surface area contributed by atoms with Gasteiger partial charge in [-0.25, -0.2) is 0 Å². The van der Waals surface area contributed by atoms with Gasteiger partial charge in [0, 0.05) is 34.4 Å². The molecule has 8 aromatic rings. The number of fused-ring (bicyclic) bond motifs is 7. The van der Waals surface area contributed by atoms with Crippen LogP contribution < -0.4 is 4.90 Å². The fourth-order valence-electron chi connectivity index (χ4n) is 7.50. The Balaban J connectivity index is 1.19. The molecule has 45 heavy (non-hydrogen) atoms. The van der Waals surface area contributed by atoms with E-state index < -0.39 is 0 Å². The monoisotopic (exact) mass is 576 g/mol. The van der Waals surface area contributed by atoms with Crippen molar-refractivity contribution in [2.45, 2.75) is 19.3 Å². The minimum atomic E-state index is -0.0254. The summed E-state index contributed by atoms with van der Waals surface area (Å²) in [4.78, 5) is 2.36. The van der Waals surface area contributed by atoms with Crippen LogP contribution in [0.15, 0.2) is 158 Å². The van der Waals surface area contributed by atoms with Crippen LogP contribution in [0.4, 0.5) is 17.1 Å². The molecule has 1 aliphatic carbocycles. The van der Waals surface area contributed by atoms with Gasteiger partial charge in [-0.2, -0.15) is 0 Å². The van der Waals surface area contributed by atoms with Crippen molar-refractivity contribution in [1.82, 2.24) is 4.57 Å². The van der Waals surface area contributed by atoms with Crippen LogP contribution in [-0.2, 0) is 5.41 Å². The lowest BCUT2D eigenvalue weighted by Gasteiger charge is -2.26. The third-order valence-corrected chi connectivity index (χ3v) is 9.76. The largest absolute Gasteiger partial charge is 0.316 e. The van der Waals surface area contributed by atoms with Crippen LogP contribution in [0.5, 0.6) is 0 Å². The second kappa shape index (κ2) is 9.70. The van der Waals surface area contributed by atoms with Gasteiger partial charge in [0.05, 0.1) is 5.52 Å². The van der Waals surface area contributed by atoms with Gasteiger partial charge in [-0.15, -0.1) is 0 Å². The molecule has 0 bridgehead atoms. The van der Waals surface area contributed by atoms with Crippen LogP contribution in [0, 0.1) is 0 Å². The Morgan fingerprint density at radius 1 is 0.467 bits per heavy atom. The zero-order valence-electron chi connectivity index (χ0n) is 25.4. The van der Waals surface area contributed by atoms with Crippen molar-refractivity contribution in [3.8, 4) is 16.8 Å². The van der Waals surface area contributed by atoms with Crippen LogP contribution in [0.25, 0.3) is 49.3 Å². The third-order valence-electron chi connectivity index (χ3n) is 9.76. The summed E-state index contributed by atoms with van der Waals surface area (Å²) in [5.41, 5.74) is 11.3. The molecular weight excluding hydrogens is 544 g/mol. The number of rotatable bonds is 4. The summed E-state index contributed by atoms with van der Waals surface area (Å²) in [5, 5.41) is 6.36. The van der Waals surface area contributed by atoms with Crippen molar-refractivity contribution in [2.24, 2.45) is 0 Å². The Hall–Kier alpha value is -5.60. The van der Waals surface area contributed by atoms with Gasteiger partial charge in [0.1, 0.15) is 0 Å². The van der Waals surface area contributed by atoms with Crippen LogP contribution in [0.1, 0.15) is 25.0 Å². The quantitative estimate of drug-likeness (QED) is 0.189. The van der Waals surface area contributed by atoms with Crippen molar-refractivity contribution in [1.29, 1.82) is 0 Å². The Kier molecular flexibility index (Phi) is 5.58. The van der Waals surface area contributed by atoms with Crippen molar-refractivity contribution < 1.29 is 0 Å². The molecule has 214 valence electrons. The fraction of sp³-hybridized carbons (Fsp3) is 0.0698. The number of anilines is 3. The van der Waals surface area contributed by atoms with E-state index in [1.165, 1.54) is 54.7 Å². The highest BCUT2D eigenvalue weighted by Gasteiger charge is 2.35. The van der Waals surface area contributed by atoms with Gasteiger partial charge in [-0.3, -0.25) is 0 Å². The van der Waals surface area contributed by atoms with Gasteiger partial charge in [0.15, 0.2) is 0 Å². The lowest BCUT2D eigenvalue weighted by molar-refractivity contribution is 0.661. The maximum Gasteiger partial charge on any atom is 0.0528 e. The van der Waals surface area contributed by atoms with E-state index in [0.29, 0.717) is 0 Å². The molecule has 7 aromatic carbocycles. The molecular formula is C43H32N2. The minimum Gasteiger partial charge on any atom is -0.316 e. The standard InChI is InChI=1S/C43H32N2/c1-43(2)40-17-8-7-16-37(40)39-26-31-20-19-30-25-35(21-22-36(30)38(31)28-41(39)43)45(32-12-4-3-5-13-32)34-15-10-14-33(27-34)44-24-23-29-11-6-9-18-42(29)44/h3-28H,1-2H3. The van der Waals surface area contributed by atoms with Crippen LogP contribution in [0.3, 0.4) is 0 Å². The maximum atomic E-state index is 2.45. The van der Waals surface area contributed by atoms with Crippen molar-refractivity contribution in [3.63, 3.8) is 0 Å². The lowest BCUT2D eigenvalue weighted by atomic mass is 9.81. The number of benzene rings is 7. The molecule has 1 aromatic heterocycles. The zero-order chi connectivity index (χ0) is 30.1. The highest BCUT2D eigenvalue weighted by atomic mass is 15.1. The normalized spacial score (nSPS) is 13.3.